The van der Waals surface area contributed by atoms with Crippen LogP contribution in [0.25, 0.3) is 0 Å². The molecule has 0 spiro atoms. The normalized spacial score (nSPS) is 23.8. The lowest BCUT2D eigenvalue weighted by Crippen LogP contribution is -2.21. The Morgan fingerprint density at radius 1 is 1.13 bits per heavy atom. The molecule has 1 nitrogen and oxygen atoms in total. The van der Waals surface area contributed by atoms with Gasteiger partial charge in [0.2, 0.25) is 0 Å². The Morgan fingerprint density at radius 2 is 1.83 bits per heavy atom. The van der Waals surface area contributed by atoms with E-state index in [1.54, 1.807) is 7.11 Å². The Labute approximate surface area is 148 Å². The van der Waals surface area contributed by atoms with E-state index in [9.17, 15) is 0 Å². The van der Waals surface area contributed by atoms with Crippen LogP contribution in [0.15, 0.2) is 35.9 Å². The predicted octanol–water partition coefficient (Wildman–Crippen LogP) is 5.71. The minimum atomic E-state index is -0.0241. The number of hydrogen-bond donors (Lipinski definition) is 0. The second-order valence-corrected chi connectivity index (χ2v) is 9.22. The van der Waals surface area contributed by atoms with Crippen LogP contribution in [0.4, 0.5) is 0 Å². The summed E-state index contributed by atoms with van der Waals surface area (Å²) in [6.07, 6.45) is 13.3. The third-order valence-corrected chi connectivity index (χ3v) is 5.85. The smallest absolute Gasteiger partial charge is 0.128 e. The van der Waals surface area contributed by atoms with Crippen molar-refractivity contribution in [2.75, 3.05) is 7.11 Å². The average molecular weight is 374 g/mol. The van der Waals surface area contributed by atoms with E-state index in [1.165, 1.54) is 22.3 Å². The zero-order valence-corrected chi connectivity index (χ0v) is 16.2. The number of hydrogen-bond acceptors (Lipinski definition) is 1. The first-order valence-corrected chi connectivity index (χ1v) is 9.23. The topological polar surface area (TPSA) is 9.23 Å². The highest BCUT2D eigenvalue weighted by molar-refractivity contribution is 9.10. The van der Waals surface area contributed by atoms with Gasteiger partial charge in [0.25, 0.3) is 0 Å². The van der Waals surface area contributed by atoms with Crippen molar-refractivity contribution >= 4 is 15.9 Å². The molecule has 1 atom stereocenters. The van der Waals surface area contributed by atoms with Gasteiger partial charge in [0.05, 0.1) is 25.2 Å². The van der Waals surface area contributed by atoms with Crippen LogP contribution < -0.4 is 4.74 Å². The van der Waals surface area contributed by atoms with E-state index in [0.717, 1.165) is 31.4 Å². The number of rotatable bonds is 1. The van der Waals surface area contributed by atoms with Crippen LogP contribution in [0.1, 0.15) is 50.3 Å². The molecule has 3 aliphatic rings. The van der Waals surface area contributed by atoms with E-state index in [-0.39, 0.29) is 9.74 Å². The van der Waals surface area contributed by atoms with Gasteiger partial charge in [-0.3, -0.25) is 0 Å². The average Bonchev–Trinajstić information content (AvgIpc) is 2.52. The highest BCUT2D eigenvalue weighted by atomic mass is 79.9. The van der Waals surface area contributed by atoms with Crippen LogP contribution in [0.2, 0.25) is 0 Å². The molecule has 1 aromatic carbocycles. The Bertz CT molecular complexity index is 663. The van der Waals surface area contributed by atoms with Crippen molar-refractivity contribution in [2.24, 2.45) is 0 Å². The highest BCUT2D eigenvalue weighted by Gasteiger charge is 2.33. The maximum absolute atomic E-state index is 5.82. The molecule has 4 rings (SSSR count). The maximum Gasteiger partial charge on any atom is 0.128 e. The summed E-state index contributed by atoms with van der Waals surface area (Å²) in [5.41, 5.74) is 5.64. The van der Waals surface area contributed by atoms with Crippen LogP contribution >= 0.6 is 15.9 Å². The van der Waals surface area contributed by atoms with Crippen LogP contribution in [-0.2, 0) is 18.3 Å². The molecule has 23 heavy (non-hydrogen) atoms. The second kappa shape index (κ2) is 6.05. The number of aryl methyl sites for hydroxylation is 2. The zero-order chi connectivity index (χ0) is 16.7. The van der Waals surface area contributed by atoms with Crippen LogP contribution in [-0.4, -0.2) is 11.4 Å². The van der Waals surface area contributed by atoms with Gasteiger partial charge in [-0.05, 0) is 47.4 Å². The number of allylic oxidation sites excluding steroid dienone is 4. The van der Waals surface area contributed by atoms with Crippen LogP contribution in [0.5, 0.6) is 5.75 Å². The van der Waals surface area contributed by atoms with Gasteiger partial charge >= 0.3 is 0 Å². The highest BCUT2D eigenvalue weighted by Crippen LogP contribution is 2.39. The lowest BCUT2D eigenvalue weighted by Gasteiger charge is -2.24. The van der Waals surface area contributed by atoms with Crippen molar-refractivity contribution < 1.29 is 4.74 Å². The summed E-state index contributed by atoms with van der Waals surface area (Å²) in [6.45, 7) is 6.86. The van der Waals surface area contributed by atoms with Crippen molar-refractivity contribution in [3.05, 3.63) is 59.0 Å². The molecule has 2 heteroatoms. The minimum absolute atomic E-state index is 0.0241. The first kappa shape index (κ1) is 16.7. The number of ether oxygens (including phenoxy) is 1. The number of fused-ring (bicyclic) bond motifs is 3. The second-order valence-electron chi connectivity index (χ2n) is 7.75. The maximum atomic E-state index is 5.82. The first-order valence-electron chi connectivity index (χ1n) is 8.44. The minimum Gasteiger partial charge on any atom is -0.496 e. The first-order chi connectivity index (χ1) is 10.8. The SMILES string of the molecule is COc1c2cc(C(C)(C)C)cc1CCC1(Br)C=CC(=C[CH+]1)CC2. The van der Waals surface area contributed by atoms with Gasteiger partial charge in [0.1, 0.15) is 10.1 Å². The Hall–Kier alpha value is -1.15. The van der Waals surface area contributed by atoms with Crippen molar-refractivity contribution in [3.63, 3.8) is 0 Å². The van der Waals surface area contributed by atoms with Gasteiger partial charge < -0.3 is 4.74 Å². The lowest BCUT2D eigenvalue weighted by molar-refractivity contribution is 0.403. The summed E-state index contributed by atoms with van der Waals surface area (Å²) in [5.74, 6) is 1.09. The fourth-order valence-corrected chi connectivity index (χ4v) is 3.82. The molecule has 0 saturated carbocycles. The molecule has 0 N–H and O–H groups in total. The number of halogens is 1. The van der Waals surface area contributed by atoms with Crippen molar-refractivity contribution in [1.29, 1.82) is 0 Å². The molecule has 0 saturated heterocycles. The van der Waals surface area contributed by atoms with Gasteiger partial charge in [-0.15, -0.1) is 0 Å². The molecule has 0 radical (unpaired) electrons. The molecule has 4 bridgehead atoms. The molecule has 0 aliphatic heterocycles. The van der Waals surface area contributed by atoms with E-state index < -0.39 is 0 Å². The van der Waals surface area contributed by atoms with Gasteiger partial charge in [0.15, 0.2) is 0 Å². The fourth-order valence-electron chi connectivity index (χ4n) is 3.36. The van der Waals surface area contributed by atoms with Gasteiger partial charge in [-0.1, -0.05) is 48.8 Å². The molecule has 0 heterocycles. The standard InChI is InChI=1S/C21H26BrO/c1-20(2,3)18-13-16-6-5-15-7-10-21(22,11-8-15)12-9-17(14-18)19(16)23-4/h7-8,10-11,13-14H,5-6,9,12H2,1-4H3/q+1. The largest absolute Gasteiger partial charge is 0.496 e. The molecule has 3 aliphatic carbocycles. The number of methoxy groups -OCH3 is 1. The number of alkyl halides is 1. The van der Waals surface area contributed by atoms with Crippen LogP contribution in [0, 0.1) is 6.42 Å². The summed E-state index contributed by atoms with van der Waals surface area (Å²) < 4.78 is 5.79. The molecule has 1 unspecified atom stereocenters. The third kappa shape index (κ3) is 3.52. The summed E-state index contributed by atoms with van der Waals surface area (Å²) >= 11 is 3.90. The predicted molar refractivity (Wildman–Crippen MR) is 102 cm³/mol. The van der Waals surface area contributed by atoms with Crippen molar-refractivity contribution in [1.82, 2.24) is 0 Å². The summed E-state index contributed by atoms with van der Waals surface area (Å²) in [4.78, 5) is 0. The summed E-state index contributed by atoms with van der Waals surface area (Å²) in [5, 5.41) is 0. The van der Waals surface area contributed by atoms with E-state index in [1.807, 2.05) is 0 Å². The Kier molecular flexibility index (Phi) is 4.39. The molecule has 122 valence electrons. The van der Waals surface area contributed by atoms with Crippen molar-refractivity contribution in [3.8, 4) is 5.75 Å². The van der Waals surface area contributed by atoms with Crippen LogP contribution in [0.3, 0.4) is 0 Å². The zero-order valence-electron chi connectivity index (χ0n) is 14.6. The van der Waals surface area contributed by atoms with E-state index in [2.05, 4.69) is 73.5 Å². The van der Waals surface area contributed by atoms with Gasteiger partial charge in [-0.2, -0.15) is 0 Å². The van der Waals surface area contributed by atoms with E-state index in [4.69, 9.17) is 4.74 Å². The van der Waals surface area contributed by atoms with Gasteiger partial charge in [0, 0.05) is 12.5 Å². The summed E-state index contributed by atoms with van der Waals surface area (Å²) in [7, 11) is 1.81. The quantitative estimate of drug-likeness (QED) is 0.452. The Balaban J connectivity index is 2.09. The monoisotopic (exact) mass is 373 g/mol. The summed E-state index contributed by atoms with van der Waals surface area (Å²) in [6, 6.07) is 4.70. The molecule has 0 amide bonds. The van der Waals surface area contributed by atoms with E-state index in [0.29, 0.717) is 0 Å². The van der Waals surface area contributed by atoms with Gasteiger partial charge in [-0.25, -0.2) is 0 Å². The lowest BCUT2D eigenvalue weighted by atomic mass is 9.83. The third-order valence-electron chi connectivity index (χ3n) is 4.92. The molecule has 0 fully saturated rings. The Morgan fingerprint density at radius 3 is 2.39 bits per heavy atom. The fraction of sp³-hybridized carbons (Fsp3) is 0.476. The molecular weight excluding hydrogens is 348 g/mol. The molecule has 1 aromatic rings. The molecular formula is C21H26BrO+. The van der Waals surface area contributed by atoms with Crippen molar-refractivity contribution in [2.45, 2.75) is 56.2 Å². The number of benzene rings is 1. The van der Waals surface area contributed by atoms with E-state index >= 15 is 0 Å². The molecule has 0 aromatic heterocycles.